The van der Waals surface area contributed by atoms with Gasteiger partial charge in [-0.2, -0.15) is 0 Å². The lowest BCUT2D eigenvalue weighted by Crippen LogP contribution is -2.29. The minimum atomic E-state index is -0.618. The second-order valence-corrected chi connectivity index (χ2v) is 15.2. The third kappa shape index (κ3) is 4.57. The normalized spacial score (nSPS) is 15.6. The zero-order chi connectivity index (χ0) is 35.1. The average molecular weight is 698 g/mol. The summed E-state index contributed by atoms with van der Waals surface area (Å²) in [5, 5.41) is 8.33. The molecular weight excluding hydrogens is 667 g/mol. The molecule has 0 N–H and O–H groups in total. The third-order valence-corrected chi connectivity index (χ3v) is 12.2. The topological polar surface area (TPSA) is 51.8 Å². The van der Waals surface area contributed by atoms with Gasteiger partial charge in [-0.15, -0.1) is 11.3 Å². The first-order valence-corrected chi connectivity index (χ1v) is 18.8. The van der Waals surface area contributed by atoms with Crippen LogP contribution in [0.15, 0.2) is 156 Å². The Morgan fingerprint density at radius 2 is 1.28 bits per heavy atom. The Balaban J connectivity index is 1.19. The number of furan rings is 1. The van der Waals surface area contributed by atoms with E-state index in [-0.39, 0.29) is 0 Å². The van der Waals surface area contributed by atoms with Crippen LogP contribution in [0, 0.1) is 0 Å². The highest BCUT2D eigenvalue weighted by molar-refractivity contribution is 7.26. The van der Waals surface area contributed by atoms with Gasteiger partial charge >= 0.3 is 0 Å². The molecule has 10 aromatic rings. The summed E-state index contributed by atoms with van der Waals surface area (Å²) in [5.74, 6) is 2.89. The number of hydrogen-bond acceptors (Lipinski definition) is 5. The molecule has 3 heterocycles. The van der Waals surface area contributed by atoms with Crippen molar-refractivity contribution in [3.63, 3.8) is 0 Å². The van der Waals surface area contributed by atoms with Crippen molar-refractivity contribution >= 4 is 70.1 Å². The van der Waals surface area contributed by atoms with Crippen molar-refractivity contribution < 1.29 is 4.42 Å². The van der Waals surface area contributed by atoms with Gasteiger partial charge in [-0.3, -0.25) is 0 Å². The first kappa shape index (κ1) is 30.2. The Morgan fingerprint density at radius 3 is 2.17 bits per heavy atom. The summed E-state index contributed by atoms with van der Waals surface area (Å²) in [6.07, 6.45) is 5.04. The molecule has 1 aliphatic carbocycles. The van der Waals surface area contributed by atoms with E-state index >= 15 is 0 Å². The van der Waals surface area contributed by atoms with E-state index in [9.17, 15) is 0 Å². The van der Waals surface area contributed by atoms with E-state index in [1.54, 1.807) is 0 Å². The molecule has 1 aliphatic rings. The minimum absolute atomic E-state index is 0.618. The summed E-state index contributed by atoms with van der Waals surface area (Å²) in [7, 11) is 0. The quantitative estimate of drug-likeness (QED) is 0.172. The van der Waals surface area contributed by atoms with Crippen LogP contribution in [0.2, 0.25) is 0 Å². The van der Waals surface area contributed by atoms with Gasteiger partial charge in [0.25, 0.3) is 0 Å². The van der Waals surface area contributed by atoms with Crippen LogP contribution in [0.25, 0.3) is 92.7 Å². The predicted molar refractivity (Wildman–Crippen MR) is 220 cm³/mol. The first-order chi connectivity index (χ1) is 26.1. The standard InChI is InChI=1S/C48H31N3OS/c1-48(27-13-25-40-43(48)42-35(21-12-24-39(42)52-40)37-23-11-22-36-34-20-9-10-26-41(34)53-44(36)37)47-50-45(29-14-3-2-4-15-29)49-46(51-47)38-28-30-16-5-6-17-31(30)32-18-7-8-19-33(32)38/h2-26,28H,27H2,1H3. The fourth-order valence-electron chi connectivity index (χ4n) is 8.42. The van der Waals surface area contributed by atoms with E-state index in [0.29, 0.717) is 18.1 Å². The lowest BCUT2D eigenvalue weighted by molar-refractivity contribution is 0.509. The molecule has 5 heteroatoms. The number of fused-ring (bicyclic) bond motifs is 9. The second kappa shape index (κ2) is 11.5. The largest absolute Gasteiger partial charge is 0.456 e. The maximum Gasteiger partial charge on any atom is 0.164 e. The van der Waals surface area contributed by atoms with Crippen molar-refractivity contribution in [2.24, 2.45) is 0 Å². The Morgan fingerprint density at radius 1 is 0.585 bits per heavy atom. The molecule has 0 radical (unpaired) electrons. The fourth-order valence-corrected chi connectivity index (χ4v) is 9.65. The summed E-state index contributed by atoms with van der Waals surface area (Å²) in [5.41, 5.74) is 5.66. The molecule has 7 aromatic carbocycles. The smallest absolute Gasteiger partial charge is 0.164 e. The van der Waals surface area contributed by atoms with E-state index in [2.05, 4.69) is 146 Å². The van der Waals surface area contributed by atoms with Crippen molar-refractivity contribution in [3.05, 3.63) is 169 Å². The fraction of sp³-hybridized carbons (Fsp3) is 0.0625. The monoisotopic (exact) mass is 697 g/mol. The van der Waals surface area contributed by atoms with Gasteiger partial charge in [0.2, 0.25) is 0 Å². The number of nitrogens with zero attached hydrogens (tertiary/aromatic N) is 3. The number of allylic oxidation sites excluding steroid dienone is 1. The van der Waals surface area contributed by atoms with Crippen molar-refractivity contribution in [1.29, 1.82) is 0 Å². The number of hydrogen-bond donors (Lipinski definition) is 0. The Kier molecular flexibility index (Phi) is 6.58. The molecular formula is C48H31N3OS. The number of thiophene rings is 1. The second-order valence-electron chi connectivity index (χ2n) is 14.1. The zero-order valence-corrected chi connectivity index (χ0v) is 29.7. The molecule has 3 aromatic heterocycles. The van der Waals surface area contributed by atoms with Crippen molar-refractivity contribution in [2.45, 2.75) is 18.8 Å². The summed E-state index contributed by atoms with van der Waals surface area (Å²) in [4.78, 5) is 16.0. The summed E-state index contributed by atoms with van der Waals surface area (Å²) in [6, 6.07) is 51.4. The van der Waals surface area contributed by atoms with Crippen LogP contribution in [0.4, 0.5) is 0 Å². The van der Waals surface area contributed by atoms with E-state index in [1.165, 1.54) is 36.5 Å². The van der Waals surface area contributed by atoms with Crippen LogP contribution < -0.4 is 0 Å². The Hall–Kier alpha value is -6.43. The minimum Gasteiger partial charge on any atom is -0.456 e. The van der Waals surface area contributed by atoms with Crippen LogP contribution in [0.1, 0.15) is 30.5 Å². The lowest BCUT2D eigenvalue weighted by atomic mass is 9.73. The summed E-state index contributed by atoms with van der Waals surface area (Å²) in [6.45, 7) is 2.27. The van der Waals surface area contributed by atoms with Gasteiger partial charge in [-0.25, -0.2) is 15.0 Å². The molecule has 4 nitrogen and oxygen atoms in total. The van der Waals surface area contributed by atoms with Gasteiger partial charge in [-0.05, 0) is 64.7 Å². The van der Waals surface area contributed by atoms with E-state index in [0.717, 1.165) is 55.6 Å². The molecule has 0 saturated carbocycles. The number of benzene rings is 7. The predicted octanol–water partition coefficient (Wildman–Crippen LogP) is 13.0. The number of aromatic nitrogens is 3. The van der Waals surface area contributed by atoms with Crippen LogP contribution >= 0.6 is 11.3 Å². The van der Waals surface area contributed by atoms with Gasteiger partial charge in [0.15, 0.2) is 11.6 Å². The summed E-state index contributed by atoms with van der Waals surface area (Å²) >= 11 is 1.85. The molecule has 0 aliphatic heterocycles. The molecule has 0 fully saturated rings. The molecule has 0 bridgehead atoms. The first-order valence-electron chi connectivity index (χ1n) is 18.0. The van der Waals surface area contributed by atoms with Crippen molar-refractivity contribution in [1.82, 2.24) is 15.0 Å². The molecule has 1 unspecified atom stereocenters. The van der Waals surface area contributed by atoms with Crippen molar-refractivity contribution in [3.8, 4) is 33.9 Å². The highest BCUT2D eigenvalue weighted by atomic mass is 32.1. The maximum absolute atomic E-state index is 6.72. The SMILES string of the molecule is CC1(c2nc(-c3ccccc3)nc(-c3cc4ccccc4c4ccccc34)n2)CC=Cc2oc3cccc(-c4cccc5c4sc4ccccc45)c3c21. The van der Waals surface area contributed by atoms with Gasteiger partial charge in [0.05, 0.1) is 5.41 Å². The average Bonchev–Trinajstić information content (AvgIpc) is 3.80. The zero-order valence-electron chi connectivity index (χ0n) is 28.9. The molecule has 0 spiro atoms. The molecule has 1 atom stereocenters. The lowest BCUT2D eigenvalue weighted by Gasteiger charge is -2.30. The van der Waals surface area contributed by atoms with Gasteiger partial charge in [0, 0.05) is 47.8 Å². The Labute approximate surface area is 309 Å². The summed E-state index contributed by atoms with van der Waals surface area (Å²) < 4.78 is 9.29. The van der Waals surface area contributed by atoms with Crippen molar-refractivity contribution in [2.75, 3.05) is 0 Å². The maximum atomic E-state index is 6.72. The number of rotatable bonds is 4. The van der Waals surface area contributed by atoms with Crippen LogP contribution in [-0.4, -0.2) is 15.0 Å². The van der Waals surface area contributed by atoms with Gasteiger partial charge in [0.1, 0.15) is 17.2 Å². The van der Waals surface area contributed by atoms with Crippen LogP contribution in [0.3, 0.4) is 0 Å². The third-order valence-electron chi connectivity index (χ3n) is 11.0. The van der Waals surface area contributed by atoms with Gasteiger partial charge < -0.3 is 4.42 Å². The molecule has 0 amide bonds. The highest BCUT2D eigenvalue weighted by Crippen LogP contribution is 2.50. The molecule has 0 saturated heterocycles. The van der Waals surface area contributed by atoms with E-state index in [1.807, 2.05) is 29.5 Å². The Bertz CT molecular complexity index is 3120. The van der Waals surface area contributed by atoms with Crippen LogP contribution in [0.5, 0.6) is 0 Å². The van der Waals surface area contributed by atoms with E-state index < -0.39 is 5.41 Å². The molecule has 250 valence electrons. The molecule has 11 rings (SSSR count). The molecule has 53 heavy (non-hydrogen) atoms. The highest BCUT2D eigenvalue weighted by Gasteiger charge is 2.40. The van der Waals surface area contributed by atoms with Crippen LogP contribution in [-0.2, 0) is 5.41 Å². The van der Waals surface area contributed by atoms with Gasteiger partial charge in [-0.1, -0.05) is 133 Å². The van der Waals surface area contributed by atoms with E-state index in [4.69, 9.17) is 19.4 Å².